The summed E-state index contributed by atoms with van der Waals surface area (Å²) in [5.41, 5.74) is 12.1. The molecule has 2 aromatic heterocycles. The van der Waals surface area contributed by atoms with Crippen molar-refractivity contribution < 1.29 is 14.2 Å². The largest absolute Gasteiger partial charge is 0.382 e. The van der Waals surface area contributed by atoms with Gasteiger partial charge in [0.15, 0.2) is 5.82 Å². The number of rotatable bonds is 17. The fourth-order valence-electron chi connectivity index (χ4n) is 6.58. The molecule has 0 bridgehead atoms. The van der Waals surface area contributed by atoms with Crippen LogP contribution in [0.2, 0.25) is 0 Å². The van der Waals surface area contributed by atoms with E-state index in [9.17, 15) is 0 Å². The number of H-pyrrole nitrogens is 1. The average molecular weight is 658 g/mol. The number of imidazole rings is 1. The number of aromatic nitrogens is 3. The zero-order valence-electron chi connectivity index (χ0n) is 28.7. The molecule has 0 saturated heterocycles. The standard InChI is InChI=1S/C41H47N5O3/c1-4-47-29-35-45-37-36-30(16-14-23-34(36)44-39(42)38(37)46-35)28-40(2,3)48-27-25-43-24-15-26-49-41(31-17-8-5-9-18-31,32-19-10-6-11-20-32)33-21-12-7-13-22-33/h5-14,16-23,43H,4,15,24-29H2,1-3H3,(H2,42,44)(H,45,46). The number of hydrogen-bond acceptors (Lipinski definition) is 7. The van der Waals surface area contributed by atoms with Crippen LogP contribution in [-0.4, -0.2) is 53.5 Å². The van der Waals surface area contributed by atoms with E-state index in [0.29, 0.717) is 44.2 Å². The average Bonchev–Trinajstić information content (AvgIpc) is 3.56. The number of hydrogen-bond donors (Lipinski definition) is 3. The Balaban J connectivity index is 1.05. The second-order valence-corrected chi connectivity index (χ2v) is 12.9. The number of ether oxygens (including phenoxy) is 3. The predicted molar refractivity (Wildman–Crippen MR) is 198 cm³/mol. The van der Waals surface area contributed by atoms with Gasteiger partial charge in [-0.15, -0.1) is 0 Å². The SMILES string of the molecule is CCOCc1nc2c(N)nc3cccc(CC(C)(C)OCCNCCCOC(c4ccccc4)(c4ccccc4)c4ccccc4)c3c2[nH]1. The van der Waals surface area contributed by atoms with Crippen molar-refractivity contribution in [2.45, 2.75) is 51.4 Å². The van der Waals surface area contributed by atoms with Crippen molar-refractivity contribution in [3.63, 3.8) is 0 Å². The van der Waals surface area contributed by atoms with Crippen LogP contribution >= 0.6 is 0 Å². The molecule has 0 atom stereocenters. The summed E-state index contributed by atoms with van der Waals surface area (Å²) < 4.78 is 18.9. The fourth-order valence-corrected chi connectivity index (χ4v) is 6.58. The second kappa shape index (κ2) is 15.7. The number of aromatic amines is 1. The third kappa shape index (κ3) is 7.84. The lowest BCUT2D eigenvalue weighted by Crippen LogP contribution is -2.34. The highest BCUT2D eigenvalue weighted by Crippen LogP contribution is 2.40. The minimum absolute atomic E-state index is 0.399. The molecule has 0 aliphatic heterocycles. The maximum atomic E-state index is 6.91. The van der Waals surface area contributed by atoms with E-state index in [2.05, 4.69) is 113 Å². The highest BCUT2D eigenvalue weighted by molar-refractivity contribution is 6.07. The molecule has 0 radical (unpaired) electrons. The molecule has 0 spiro atoms. The molecule has 6 rings (SSSR count). The number of nitrogens with one attached hydrogen (secondary N) is 2. The summed E-state index contributed by atoms with van der Waals surface area (Å²) in [6.07, 6.45) is 1.56. The number of fused-ring (bicyclic) bond motifs is 3. The monoisotopic (exact) mass is 657 g/mol. The Morgan fingerprint density at radius 3 is 1.98 bits per heavy atom. The van der Waals surface area contributed by atoms with Gasteiger partial charge in [-0.2, -0.15) is 0 Å². The van der Waals surface area contributed by atoms with E-state index < -0.39 is 11.2 Å². The van der Waals surface area contributed by atoms with Gasteiger partial charge in [-0.3, -0.25) is 0 Å². The van der Waals surface area contributed by atoms with Gasteiger partial charge in [-0.1, -0.05) is 103 Å². The predicted octanol–water partition coefficient (Wildman–Crippen LogP) is 7.56. The minimum Gasteiger partial charge on any atom is -0.382 e. The van der Waals surface area contributed by atoms with Crippen LogP contribution in [0, 0.1) is 0 Å². The lowest BCUT2D eigenvalue weighted by atomic mass is 9.80. The van der Waals surface area contributed by atoms with Crippen molar-refractivity contribution in [1.82, 2.24) is 20.3 Å². The van der Waals surface area contributed by atoms with Gasteiger partial charge in [0.1, 0.15) is 23.5 Å². The Hall–Kier alpha value is -4.60. The lowest BCUT2D eigenvalue weighted by Gasteiger charge is -2.36. The van der Waals surface area contributed by atoms with Gasteiger partial charge < -0.3 is 30.2 Å². The summed E-state index contributed by atoms with van der Waals surface area (Å²) >= 11 is 0. The molecule has 0 aliphatic carbocycles. The molecule has 8 heteroatoms. The van der Waals surface area contributed by atoms with Crippen molar-refractivity contribution in [1.29, 1.82) is 0 Å². The van der Waals surface area contributed by atoms with Gasteiger partial charge in [0, 0.05) is 31.6 Å². The van der Waals surface area contributed by atoms with Crippen molar-refractivity contribution in [2.24, 2.45) is 0 Å². The maximum absolute atomic E-state index is 6.91. The molecule has 0 unspecified atom stereocenters. The quantitative estimate of drug-likeness (QED) is 0.0687. The summed E-state index contributed by atoms with van der Waals surface area (Å²) in [6, 6.07) is 37.7. The molecule has 6 aromatic rings. The topological polar surface area (TPSA) is 107 Å². The number of nitrogen functional groups attached to an aromatic ring is 1. The van der Waals surface area contributed by atoms with Crippen molar-refractivity contribution in [3.05, 3.63) is 137 Å². The molecule has 0 fully saturated rings. The number of pyridine rings is 1. The molecule has 49 heavy (non-hydrogen) atoms. The first-order chi connectivity index (χ1) is 23.9. The Morgan fingerprint density at radius 1 is 0.735 bits per heavy atom. The molecule has 254 valence electrons. The summed E-state index contributed by atoms with van der Waals surface area (Å²) in [5, 5.41) is 4.58. The maximum Gasteiger partial charge on any atom is 0.152 e. The van der Waals surface area contributed by atoms with E-state index in [4.69, 9.17) is 19.9 Å². The van der Waals surface area contributed by atoms with Gasteiger partial charge in [0.2, 0.25) is 0 Å². The molecular formula is C41H47N5O3. The Morgan fingerprint density at radius 2 is 1.37 bits per heavy atom. The fraction of sp³-hybridized carbons (Fsp3) is 0.317. The van der Waals surface area contributed by atoms with Crippen LogP contribution in [0.1, 0.15) is 55.3 Å². The van der Waals surface area contributed by atoms with E-state index in [-0.39, 0.29) is 0 Å². The van der Waals surface area contributed by atoms with Gasteiger partial charge in [-0.25, -0.2) is 9.97 Å². The van der Waals surface area contributed by atoms with Gasteiger partial charge in [0.25, 0.3) is 0 Å². The number of nitrogens with two attached hydrogens (primary N) is 1. The molecule has 4 N–H and O–H groups in total. The van der Waals surface area contributed by atoms with Crippen LogP contribution in [0.5, 0.6) is 0 Å². The summed E-state index contributed by atoms with van der Waals surface area (Å²) in [5.74, 6) is 1.15. The first kappa shape index (κ1) is 34.3. The Bertz CT molecular complexity index is 1830. The molecule has 0 saturated carbocycles. The first-order valence-corrected chi connectivity index (χ1v) is 17.2. The van der Waals surface area contributed by atoms with Crippen LogP contribution in [0.4, 0.5) is 5.82 Å². The minimum atomic E-state index is -0.702. The number of anilines is 1. The smallest absolute Gasteiger partial charge is 0.152 e. The van der Waals surface area contributed by atoms with Crippen LogP contribution in [-0.2, 0) is 32.8 Å². The van der Waals surface area contributed by atoms with Crippen LogP contribution < -0.4 is 11.1 Å². The highest BCUT2D eigenvalue weighted by atomic mass is 16.5. The normalized spacial score (nSPS) is 12.2. The summed E-state index contributed by atoms with van der Waals surface area (Å²) in [4.78, 5) is 12.8. The highest BCUT2D eigenvalue weighted by Gasteiger charge is 2.37. The van der Waals surface area contributed by atoms with Crippen LogP contribution in [0.3, 0.4) is 0 Å². The molecule has 8 nitrogen and oxygen atoms in total. The molecule has 2 heterocycles. The van der Waals surface area contributed by atoms with Gasteiger partial charge >= 0.3 is 0 Å². The zero-order valence-corrected chi connectivity index (χ0v) is 28.7. The molecule has 0 aliphatic rings. The van der Waals surface area contributed by atoms with Crippen LogP contribution in [0.15, 0.2) is 109 Å². The molecular weight excluding hydrogens is 610 g/mol. The Labute approximate surface area is 289 Å². The first-order valence-electron chi connectivity index (χ1n) is 17.2. The Kier molecular flexibility index (Phi) is 11.0. The molecule has 4 aromatic carbocycles. The third-order valence-electron chi connectivity index (χ3n) is 8.80. The van der Waals surface area contributed by atoms with E-state index in [0.717, 1.165) is 64.0 Å². The lowest BCUT2D eigenvalue weighted by molar-refractivity contribution is -0.0154. The number of nitrogens with zero attached hydrogens (tertiary/aromatic N) is 2. The van der Waals surface area contributed by atoms with Gasteiger partial charge in [0.05, 0.1) is 23.2 Å². The van der Waals surface area contributed by atoms with Crippen LogP contribution in [0.25, 0.3) is 21.9 Å². The van der Waals surface area contributed by atoms with Gasteiger partial charge in [-0.05, 0) is 62.1 Å². The van der Waals surface area contributed by atoms with E-state index in [1.807, 2.05) is 37.3 Å². The van der Waals surface area contributed by atoms with Crippen molar-refractivity contribution in [3.8, 4) is 0 Å². The van der Waals surface area contributed by atoms with E-state index in [1.165, 1.54) is 0 Å². The van der Waals surface area contributed by atoms with E-state index >= 15 is 0 Å². The number of benzene rings is 4. The van der Waals surface area contributed by atoms with Crippen molar-refractivity contribution in [2.75, 3.05) is 38.6 Å². The van der Waals surface area contributed by atoms with Crippen molar-refractivity contribution >= 4 is 27.8 Å². The third-order valence-corrected chi connectivity index (χ3v) is 8.80. The summed E-state index contributed by atoms with van der Waals surface area (Å²) in [6.45, 7) is 9.97. The summed E-state index contributed by atoms with van der Waals surface area (Å²) in [7, 11) is 0. The molecule has 0 amide bonds. The van der Waals surface area contributed by atoms with E-state index in [1.54, 1.807) is 0 Å². The second-order valence-electron chi connectivity index (χ2n) is 12.9. The zero-order chi connectivity index (χ0) is 34.1.